The molecule has 3 aromatic rings. The van der Waals surface area contributed by atoms with E-state index in [1.807, 2.05) is 30.0 Å². The lowest BCUT2D eigenvalue weighted by atomic mass is 9.97. The van der Waals surface area contributed by atoms with E-state index in [-0.39, 0.29) is 29.2 Å². The first kappa shape index (κ1) is 20.0. The van der Waals surface area contributed by atoms with E-state index < -0.39 is 4.92 Å². The van der Waals surface area contributed by atoms with Crippen LogP contribution < -0.4 is 10.2 Å². The number of hydrogen-bond donors (Lipinski definition) is 1. The smallest absolute Gasteiger partial charge is 0.353 e. The number of anilines is 3. The molecule has 0 bridgehead atoms. The number of piperidine rings is 1. The highest BCUT2D eigenvalue weighted by molar-refractivity contribution is 7.22. The summed E-state index contributed by atoms with van der Waals surface area (Å²) in [5, 5.41) is 15.4. The summed E-state index contributed by atoms with van der Waals surface area (Å²) in [6.45, 7) is 2.94. The number of fused-ring (bicyclic) bond motifs is 1. The number of hydrogen-bond acceptors (Lipinski definition) is 10. The van der Waals surface area contributed by atoms with Gasteiger partial charge in [0.2, 0.25) is 11.6 Å². The van der Waals surface area contributed by atoms with Gasteiger partial charge in [-0.3, -0.25) is 14.9 Å². The number of esters is 1. The fourth-order valence-electron chi connectivity index (χ4n) is 3.54. The maximum Gasteiger partial charge on any atom is 0.353 e. The molecule has 0 spiro atoms. The molecule has 1 N–H and O–H groups in total. The van der Waals surface area contributed by atoms with E-state index in [0.717, 1.165) is 15.8 Å². The van der Waals surface area contributed by atoms with Crippen molar-refractivity contribution in [3.63, 3.8) is 0 Å². The fourth-order valence-corrected chi connectivity index (χ4v) is 4.50. The largest absolute Gasteiger partial charge is 0.469 e. The molecule has 0 aliphatic carbocycles. The van der Waals surface area contributed by atoms with Gasteiger partial charge in [0.15, 0.2) is 5.13 Å². The SMILES string of the molecule is COC(=O)C1CCN(c2ncnc(Nc3nc4ccc(C)cc4s3)c2[N+](=O)[O-])CC1. The normalized spacial score (nSPS) is 14.7. The van der Waals surface area contributed by atoms with Crippen molar-refractivity contribution in [2.45, 2.75) is 19.8 Å². The van der Waals surface area contributed by atoms with Gasteiger partial charge in [-0.25, -0.2) is 15.0 Å². The van der Waals surface area contributed by atoms with Crippen molar-refractivity contribution in [1.29, 1.82) is 0 Å². The molecule has 30 heavy (non-hydrogen) atoms. The number of aryl methyl sites for hydroxylation is 1. The average Bonchev–Trinajstić information content (AvgIpc) is 3.14. The van der Waals surface area contributed by atoms with E-state index in [9.17, 15) is 14.9 Å². The monoisotopic (exact) mass is 428 g/mol. The number of nitro groups is 1. The summed E-state index contributed by atoms with van der Waals surface area (Å²) in [6, 6.07) is 5.90. The quantitative estimate of drug-likeness (QED) is 0.370. The number of thiazole rings is 1. The van der Waals surface area contributed by atoms with Crippen molar-refractivity contribution in [2.75, 3.05) is 30.4 Å². The molecule has 1 aromatic carbocycles. The van der Waals surface area contributed by atoms with E-state index in [1.54, 1.807) is 0 Å². The third-order valence-electron chi connectivity index (χ3n) is 5.08. The number of benzene rings is 1. The van der Waals surface area contributed by atoms with E-state index in [1.165, 1.54) is 24.8 Å². The summed E-state index contributed by atoms with van der Waals surface area (Å²) in [5.74, 6) is -0.121. The van der Waals surface area contributed by atoms with Crippen LogP contribution in [0.2, 0.25) is 0 Å². The Morgan fingerprint density at radius 3 is 2.80 bits per heavy atom. The molecule has 156 valence electrons. The lowest BCUT2D eigenvalue weighted by molar-refractivity contribution is -0.383. The Bertz CT molecular complexity index is 1110. The van der Waals surface area contributed by atoms with Gasteiger partial charge in [-0.05, 0) is 37.5 Å². The summed E-state index contributed by atoms with van der Waals surface area (Å²) >= 11 is 1.40. The van der Waals surface area contributed by atoms with Gasteiger partial charge in [-0.1, -0.05) is 17.4 Å². The zero-order chi connectivity index (χ0) is 21.3. The van der Waals surface area contributed by atoms with Crippen LogP contribution in [0, 0.1) is 23.0 Å². The summed E-state index contributed by atoms with van der Waals surface area (Å²) in [5.41, 5.74) is 1.72. The molecule has 1 fully saturated rings. The van der Waals surface area contributed by atoms with Gasteiger partial charge < -0.3 is 15.0 Å². The summed E-state index contributed by atoms with van der Waals surface area (Å²) in [7, 11) is 1.37. The second-order valence-corrected chi connectivity index (χ2v) is 8.08. The van der Waals surface area contributed by atoms with Crippen LogP contribution in [0.15, 0.2) is 24.5 Å². The standard InChI is InChI=1S/C19H20N6O4S/c1-11-3-4-13-14(9-11)30-19(22-13)23-16-15(25(27)28)17(21-10-20-16)24-7-5-12(6-8-24)18(26)29-2/h3-4,9-10,12H,5-8H2,1-2H3,(H,20,21,22,23). The van der Waals surface area contributed by atoms with Crippen LogP contribution in [0.4, 0.5) is 22.5 Å². The van der Waals surface area contributed by atoms with Crippen molar-refractivity contribution in [3.05, 3.63) is 40.2 Å². The lowest BCUT2D eigenvalue weighted by Crippen LogP contribution is -2.37. The molecule has 0 unspecified atom stereocenters. The number of nitrogens with zero attached hydrogens (tertiary/aromatic N) is 5. The van der Waals surface area contributed by atoms with Crippen LogP contribution in [0.25, 0.3) is 10.2 Å². The van der Waals surface area contributed by atoms with Crippen molar-refractivity contribution in [2.24, 2.45) is 5.92 Å². The van der Waals surface area contributed by atoms with Crippen molar-refractivity contribution in [3.8, 4) is 0 Å². The van der Waals surface area contributed by atoms with Crippen molar-refractivity contribution < 1.29 is 14.5 Å². The molecule has 0 amide bonds. The van der Waals surface area contributed by atoms with Crippen molar-refractivity contribution >= 4 is 50.0 Å². The summed E-state index contributed by atoms with van der Waals surface area (Å²) in [6.07, 6.45) is 2.40. The number of methoxy groups -OCH3 is 1. The van der Waals surface area contributed by atoms with Crippen LogP contribution in [0.1, 0.15) is 18.4 Å². The highest BCUT2D eigenvalue weighted by Gasteiger charge is 2.32. The molecule has 1 aliphatic rings. The number of carbonyl (C=O) groups is 1. The Kier molecular flexibility index (Phi) is 5.44. The lowest BCUT2D eigenvalue weighted by Gasteiger charge is -2.31. The predicted molar refractivity (Wildman–Crippen MR) is 113 cm³/mol. The highest BCUT2D eigenvalue weighted by Crippen LogP contribution is 2.37. The molecule has 3 heterocycles. The number of rotatable bonds is 5. The minimum Gasteiger partial charge on any atom is -0.469 e. The average molecular weight is 428 g/mol. The van der Waals surface area contributed by atoms with Crippen LogP contribution in [-0.2, 0) is 9.53 Å². The maximum atomic E-state index is 11.9. The minimum absolute atomic E-state index is 0.0934. The zero-order valence-electron chi connectivity index (χ0n) is 16.5. The molecule has 1 saturated heterocycles. The zero-order valence-corrected chi connectivity index (χ0v) is 17.3. The summed E-state index contributed by atoms with van der Waals surface area (Å²) < 4.78 is 5.79. The number of nitrogens with one attached hydrogen (secondary N) is 1. The molecular weight excluding hydrogens is 408 g/mol. The Morgan fingerprint density at radius 2 is 2.10 bits per heavy atom. The van der Waals surface area contributed by atoms with E-state index in [4.69, 9.17) is 4.74 Å². The first-order valence-corrected chi connectivity index (χ1v) is 10.2. The first-order valence-electron chi connectivity index (χ1n) is 9.42. The highest BCUT2D eigenvalue weighted by atomic mass is 32.1. The molecule has 1 aliphatic heterocycles. The number of ether oxygens (including phenoxy) is 1. The van der Waals surface area contributed by atoms with Gasteiger partial charge in [0.05, 0.1) is 28.2 Å². The Labute approximate surface area is 176 Å². The van der Waals surface area contributed by atoms with E-state index in [0.29, 0.717) is 31.1 Å². The summed E-state index contributed by atoms with van der Waals surface area (Å²) in [4.78, 5) is 37.7. The minimum atomic E-state index is -0.485. The Hall–Kier alpha value is -3.34. The van der Waals surface area contributed by atoms with E-state index >= 15 is 0 Å². The van der Waals surface area contributed by atoms with Crippen molar-refractivity contribution in [1.82, 2.24) is 15.0 Å². The van der Waals surface area contributed by atoms with E-state index in [2.05, 4.69) is 20.3 Å². The molecule has 11 heteroatoms. The van der Waals surface area contributed by atoms with Crippen LogP contribution >= 0.6 is 11.3 Å². The van der Waals surface area contributed by atoms with Crippen LogP contribution in [0.3, 0.4) is 0 Å². The molecule has 0 radical (unpaired) electrons. The van der Waals surface area contributed by atoms with Crippen LogP contribution in [-0.4, -0.2) is 46.0 Å². The Morgan fingerprint density at radius 1 is 1.33 bits per heavy atom. The fraction of sp³-hybridized carbons (Fsp3) is 0.368. The predicted octanol–water partition coefficient (Wildman–Crippen LogP) is 3.44. The molecule has 4 rings (SSSR count). The Balaban J connectivity index is 1.61. The van der Waals surface area contributed by atoms with Crippen LogP contribution in [0.5, 0.6) is 0 Å². The molecule has 0 atom stereocenters. The second kappa shape index (κ2) is 8.19. The first-order chi connectivity index (χ1) is 14.5. The van der Waals surface area contributed by atoms with Gasteiger partial charge in [-0.15, -0.1) is 0 Å². The molecule has 2 aromatic heterocycles. The molecule has 10 nitrogen and oxygen atoms in total. The third kappa shape index (κ3) is 3.88. The van der Waals surface area contributed by atoms with Gasteiger partial charge in [-0.2, -0.15) is 0 Å². The molecule has 0 saturated carbocycles. The second-order valence-electron chi connectivity index (χ2n) is 7.05. The topological polar surface area (TPSA) is 123 Å². The van der Waals surface area contributed by atoms with Gasteiger partial charge >= 0.3 is 11.7 Å². The number of aromatic nitrogens is 3. The maximum absolute atomic E-state index is 11.9. The number of carbonyl (C=O) groups excluding carboxylic acids is 1. The molecular formula is C19H20N6O4S. The van der Waals surface area contributed by atoms with Gasteiger partial charge in [0.25, 0.3) is 0 Å². The van der Waals surface area contributed by atoms with Gasteiger partial charge in [0.1, 0.15) is 6.33 Å². The van der Waals surface area contributed by atoms with Gasteiger partial charge in [0, 0.05) is 13.1 Å². The third-order valence-corrected chi connectivity index (χ3v) is 6.02.